The van der Waals surface area contributed by atoms with E-state index < -0.39 is 25.9 Å². The lowest BCUT2D eigenvalue weighted by molar-refractivity contribution is -0.870. The van der Waals surface area contributed by atoms with Crippen LogP contribution < -0.4 is 0 Å². The van der Waals surface area contributed by atoms with Crippen LogP contribution >= 0.6 is 7.82 Å². The molecule has 0 spiro atoms. The summed E-state index contributed by atoms with van der Waals surface area (Å²) in [6.07, 6.45) is 46.7. The van der Waals surface area contributed by atoms with Gasteiger partial charge in [-0.25, -0.2) is 4.57 Å². The molecule has 1 N–H and O–H groups in total. The van der Waals surface area contributed by atoms with Crippen molar-refractivity contribution in [3.8, 4) is 0 Å². The van der Waals surface area contributed by atoms with Crippen LogP contribution in [0.4, 0.5) is 0 Å². The second-order valence-corrected chi connectivity index (χ2v) is 16.8. The molecular formula is C46H81NO8P+. The monoisotopic (exact) mass is 807 g/mol. The van der Waals surface area contributed by atoms with Gasteiger partial charge in [0, 0.05) is 12.8 Å². The molecule has 322 valence electrons. The van der Waals surface area contributed by atoms with Gasteiger partial charge in [0.15, 0.2) is 0 Å². The predicted octanol–water partition coefficient (Wildman–Crippen LogP) is 12.2. The van der Waals surface area contributed by atoms with E-state index in [9.17, 15) is 19.0 Å². The highest BCUT2D eigenvalue weighted by Gasteiger charge is 2.29. The van der Waals surface area contributed by atoms with Gasteiger partial charge in [0.1, 0.15) is 32.5 Å². The van der Waals surface area contributed by atoms with Crippen molar-refractivity contribution >= 4 is 19.8 Å². The van der Waals surface area contributed by atoms with Crippen LogP contribution in [-0.4, -0.2) is 74.9 Å². The molecule has 0 aromatic carbocycles. The molecule has 0 radical (unpaired) electrons. The molecule has 0 fully saturated rings. The zero-order valence-electron chi connectivity index (χ0n) is 36.1. The SMILES string of the molecule is CC/C=C\C/C=C\C/C=C\C/C=C\C/C=C\C/C=C\CCC(=O)OCC(COC(=O)CCCCCCCCCCCCCCC)OP(=O)(O)OCC[N+](C)(C)C. The zero-order valence-corrected chi connectivity index (χ0v) is 37.0. The molecule has 0 aliphatic rings. The quantitative estimate of drug-likeness (QED) is 0.0216. The lowest BCUT2D eigenvalue weighted by Crippen LogP contribution is -2.37. The maximum absolute atomic E-state index is 12.7. The number of quaternary nitrogens is 1. The molecule has 0 aliphatic carbocycles. The van der Waals surface area contributed by atoms with Gasteiger partial charge in [0.05, 0.1) is 21.1 Å². The first-order valence-corrected chi connectivity index (χ1v) is 23.2. The fraction of sp³-hybridized carbons (Fsp3) is 0.696. The van der Waals surface area contributed by atoms with Crippen LogP contribution in [0.5, 0.6) is 0 Å². The molecule has 56 heavy (non-hydrogen) atoms. The third-order valence-corrected chi connectivity index (χ3v) is 9.83. The Morgan fingerprint density at radius 2 is 0.964 bits per heavy atom. The number of likely N-dealkylation sites (N-methyl/N-ethyl adjacent to an activating group) is 1. The molecule has 10 heteroatoms. The summed E-state index contributed by atoms with van der Waals surface area (Å²) < 4.78 is 34.4. The van der Waals surface area contributed by atoms with Gasteiger partial charge in [-0.2, -0.15) is 0 Å². The Morgan fingerprint density at radius 3 is 1.39 bits per heavy atom. The molecular weight excluding hydrogens is 725 g/mol. The van der Waals surface area contributed by atoms with E-state index in [2.05, 4.69) is 74.6 Å². The molecule has 9 nitrogen and oxygen atoms in total. The van der Waals surface area contributed by atoms with Crippen molar-refractivity contribution in [3.05, 3.63) is 72.9 Å². The van der Waals surface area contributed by atoms with Gasteiger partial charge in [-0.15, -0.1) is 0 Å². The van der Waals surface area contributed by atoms with Crippen LogP contribution in [0, 0.1) is 0 Å². The van der Waals surface area contributed by atoms with E-state index >= 15 is 0 Å². The Morgan fingerprint density at radius 1 is 0.571 bits per heavy atom. The number of rotatable bonds is 38. The van der Waals surface area contributed by atoms with Gasteiger partial charge in [-0.3, -0.25) is 18.6 Å². The molecule has 0 saturated carbocycles. The van der Waals surface area contributed by atoms with Crippen molar-refractivity contribution in [2.24, 2.45) is 0 Å². The summed E-state index contributed by atoms with van der Waals surface area (Å²) in [5.74, 6) is -0.889. The lowest BCUT2D eigenvalue weighted by Gasteiger charge is -2.25. The minimum atomic E-state index is -4.48. The van der Waals surface area contributed by atoms with Gasteiger partial charge >= 0.3 is 19.8 Å². The Kier molecular flexibility index (Phi) is 36.3. The number of ether oxygens (including phenoxy) is 2. The van der Waals surface area contributed by atoms with E-state index in [0.717, 1.165) is 57.8 Å². The van der Waals surface area contributed by atoms with Crippen LogP contribution in [0.15, 0.2) is 72.9 Å². The van der Waals surface area contributed by atoms with Gasteiger partial charge in [0.25, 0.3) is 0 Å². The molecule has 0 aliphatic heterocycles. The van der Waals surface area contributed by atoms with Gasteiger partial charge in [-0.1, -0.05) is 164 Å². The topological polar surface area (TPSA) is 108 Å². The summed E-state index contributed by atoms with van der Waals surface area (Å²) in [6.45, 7) is 4.21. The average molecular weight is 807 g/mol. The molecule has 0 bridgehead atoms. The number of carbonyl (C=O) groups is 2. The van der Waals surface area contributed by atoms with Crippen LogP contribution in [0.3, 0.4) is 0 Å². The predicted molar refractivity (Wildman–Crippen MR) is 233 cm³/mol. The van der Waals surface area contributed by atoms with Crippen molar-refractivity contribution in [1.82, 2.24) is 0 Å². The van der Waals surface area contributed by atoms with E-state index in [4.69, 9.17) is 18.5 Å². The number of phosphoric acid groups is 1. The summed E-state index contributed by atoms with van der Waals surface area (Å²) >= 11 is 0. The van der Waals surface area contributed by atoms with E-state index in [1.165, 1.54) is 64.2 Å². The van der Waals surface area contributed by atoms with Crippen molar-refractivity contribution in [1.29, 1.82) is 0 Å². The maximum atomic E-state index is 12.7. The molecule has 2 atom stereocenters. The van der Waals surface area contributed by atoms with E-state index in [0.29, 0.717) is 17.4 Å². The third kappa shape index (κ3) is 41.1. The molecule has 0 heterocycles. The summed E-state index contributed by atoms with van der Waals surface area (Å²) in [5, 5.41) is 0. The van der Waals surface area contributed by atoms with Gasteiger partial charge < -0.3 is 18.9 Å². The minimum absolute atomic E-state index is 0.00538. The summed E-state index contributed by atoms with van der Waals surface area (Å²) in [7, 11) is 1.32. The fourth-order valence-electron chi connectivity index (χ4n) is 5.40. The van der Waals surface area contributed by atoms with Gasteiger partial charge in [0.2, 0.25) is 0 Å². The second-order valence-electron chi connectivity index (χ2n) is 15.4. The fourth-order valence-corrected chi connectivity index (χ4v) is 6.27. The second kappa shape index (κ2) is 38.0. The number of hydrogen-bond acceptors (Lipinski definition) is 7. The number of allylic oxidation sites excluding steroid dienone is 12. The highest BCUT2D eigenvalue weighted by Crippen LogP contribution is 2.44. The highest BCUT2D eigenvalue weighted by molar-refractivity contribution is 7.47. The average Bonchev–Trinajstić information content (AvgIpc) is 3.14. The highest BCUT2D eigenvalue weighted by atomic mass is 31.2. The summed E-state index contributed by atoms with van der Waals surface area (Å²) in [6, 6.07) is 0. The van der Waals surface area contributed by atoms with E-state index in [-0.39, 0.29) is 32.7 Å². The number of carbonyl (C=O) groups excluding carboxylic acids is 2. The normalized spacial score (nSPS) is 14.3. The molecule has 0 amide bonds. The first kappa shape index (κ1) is 53.5. The molecule has 2 unspecified atom stereocenters. The largest absolute Gasteiger partial charge is 0.472 e. The van der Waals surface area contributed by atoms with Crippen molar-refractivity contribution < 1.29 is 42.1 Å². The number of phosphoric ester groups is 1. The Bertz CT molecular complexity index is 1180. The lowest BCUT2D eigenvalue weighted by atomic mass is 10.0. The van der Waals surface area contributed by atoms with Crippen LogP contribution in [0.25, 0.3) is 0 Å². The van der Waals surface area contributed by atoms with Gasteiger partial charge in [-0.05, 0) is 51.4 Å². The number of unbranched alkanes of at least 4 members (excludes halogenated alkanes) is 12. The number of esters is 2. The standard InChI is InChI=1S/C46H80NO8P/c1-6-8-10-12-14-16-18-20-21-22-23-24-25-27-29-31-33-35-37-39-46(49)53-43-44(55-56(50,51)54-41-40-47(3,4)5)42-52-45(48)38-36-34-32-30-28-26-19-17-15-13-11-9-7-2/h8,10,14,16,20-21,23-24,27,29,33,35,44H,6-7,9,11-13,15,17-19,22,25-26,28,30-32,34,36-43H2,1-5H3/p+1/b10-8-,16-14-,21-20-,24-23-,29-27-,35-33-. The summed E-state index contributed by atoms with van der Waals surface area (Å²) in [4.78, 5) is 35.2. The van der Waals surface area contributed by atoms with E-state index in [1.807, 2.05) is 33.3 Å². The third-order valence-electron chi connectivity index (χ3n) is 8.76. The van der Waals surface area contributed by atoms with Crippen LogP contribution in [0.1, 0.15) is 155 Å². The first-order valence-electron chi connectivity index (χ1n) is 21.7. The Balaban J connectivity index is 4.45. The molecule has 0 aromatic heterocycles. The summed E-state index contributed by atoms with van der Waals surface area (Å²) in [5.41, 5.74) is 0. The molecule has 0 aromatic rings. The van der Waals surface area contributed by atoms with Crippen molar-refractivity contribution in [2.75, 3.05) is 47.5 Å². The molecule has 0 saturated heterocycles. The van der Waals surface area contributed by atoms with E-state index in [1.54, 1.807) is 0 Å². The van der Waals surface area contributed by atoms with Crippen LogP contribution in [0.2, 0.25) is 0 Å². The Hall–Kier alpha value is -2.55. The smallest absolute Gasteiger partial charge is 0.463 e. The van der Waals surface area contributed by atoms with Crippen molar-refractivity contribution in [2.45, 2.75) is 161 Å². The number of nitrogens with zero attached hydrogens (tertiary/aromatic N) is 1. The number of hydrogen-bond donors (Lipinski definition) is 1. The molecule has 0 rings (SSSR count). The minimum Gasteiger partial charge on any atom is -0.463 e. The maximum Gasteiger partial charge on any atom is 0.472 e. The van der Waals surface area contributed by atoms with Crippen molar-refractivity contribution in [3.63, 3.8) is 0 Å². The van der Waals surface area contributed by atoms with Crippen LogP contribution in [-0.2, 0) is 32.7 Å². The Labute approximate surface area is 342 Å². The first-order chi connectivity index (χ1) is 27.0. The zero-order chi connectivity index (χ0) is 41.4.